The van der Waals surface area contributed by atoms with E-state index in [9.17, 15) is 0 Å². The Bertz CT molecular complexity index is 70.1. The van der Waals surface area contributed by atoms with Crippen LogP contribution in [0.15, 0.2) is 0 Å². The van der Waals surface area contributed by atoms with Crippen LogP contribution >= 0.6 is 0 Å². The maximum absolute atomic E-state index is 8.25. The summed E-state index contributed by atoms with van der Waals surface area (Å²) in [5.74, 6) is 0. The Kier molecular flexibility index (Phi) is 357. The van der Waals surface area contributed by atoms with E-state index in [0.717, 1.165) is 0 Å². The zero-order chi connectivity index (χ0) is 10.8. The number of hydrogen-bond acceptors (Lipinski definition) is 8. The minimum absolute atomic E-state index is 0. The Morgan fingerprint density at radius 2 is 0.538 bits per heavy atom. The molecule has 13 heavy (non-hydrogen) atoms. The van der Waals surface area contributed by atoms with Crippen LogP contribution in [0.5, 0.6) is 0 Å². The van der Waals surface area contributed by atoms with Gasteiger partial charge in [-0.2, -0.15) is 0 Å². The molecule has 9 heteroatoms. The molecule has 0 rings (SSSR count). The van der Waals surface area contributed by atoms with Crippen LogP contribution in [0.3, 0.4) is 0 Å². The van der Waals surface area contributed by atoms with Crippen LogP contribution in [0.25, 0.3) is 0 Å². The topological polar surface area (TPSA) is 161 Å². The van der Waals surface area contributed by atoms with Gasteiger partial charge in [0, 0.05) is 25.9 Å². The predicted octanol–water partition coefficient (Wildman–Crippen LogP) is -6.54. The van der Waals surface area contributed by atoms with Crippen molar-refractivity contribution in [1.29, 1.82) is 0 Å². The minimum Gasteiger partial charge on any atom is -0.554 e. The quantitative estimate of drug-likeness (QED) is 0.371. The molecule has 0 aromatic carbocycles. The zero-order valence-corrected chi connectivity index (χ0v) is 7.42. The molecule has 0 aromatic rings. The average Bonchev–Trinajstić information content (AvgIpc) is 1.92. The smallest absolute Gasteiger partial charge is 0.554 e. The molecule has 0 atom stereocenters. The first-order valence-corrected chi connectivity index (χ1v) is 1.89. The van der Waals surface area contributed by atoms with Crippen molar-refractivity contribution in [2.24, 2.45) is 0 Å². The van der Waals surface area contributed by atoms with Crippen molar-refractivity contribution in [1.82, 2.24) is 0 Å². The summed E-state index contributed by atoms with van der Waals surface area (Å²) in [7, 11) is 0. The van der Waals surface area contributed by atoms with E-state index in [2.05, 4.69) is 0 Å². The van der Waals surface area contributed by atoms with E-state index in [4.69, 9.17) is 39.6 Å². The molecule has 0 saturated heterocycles. The van der Waals surface area contributed by atoms with Crippen molar-refractivity contribution in [3.05, 3.63) is 0 Å². The monoisotopic (exact) mass is 231 g/mol. The number of rotatable bonds is 0. The van der Waals surface area contributed by atoms with Crippen LogP contribution in [-0.2, 0) is 37.7 Å². The first kappa shape index (κ1) is 30.0. The molecule has 8 nitrogen and oxygen atoms in total. The van der Waals surface area contributed by atoms with E-state index in [0.29, 0.717) is 0 Å². The standard InChI is InChI=1S/4CH2O2.V/c4*2-1-3;/h4*1H,(H,2,3);/q;;;;+4/p-4. The summed E-state index contributed by atoms with van der Waals surface area (Å²) >= 11 is 0. The van der Waals surface area contributed by atoms with Crippen molar-refractivity contribution >= 4 is 25.9 Å². The van der Waals surface area contributed by atoms with Gasteiger partial charge in [-0.05, 0) is 0 Å². The first-order chi connectivity index (χ1) is 5.66. The average molecular weight is 231 g/mol. The largest absolute Gasteiger partial charge is 4.00 e. The molecule has 73 valence electrons. The zero-order valence-electron chi connectivity index (χ0n) is 6.02. The van der Waals surface area contributed by atoms with Crippen molar-refractivity contribution in [2.75, 3.05) is 0 Å². The first-order valence-electron chi connectivity index (χ1n) is 1.89. The van der Waals surface area contributed by atoms with E-state index in [1.54, 1.807) is 0 Å². The summed E-state index contributed by atoms with van der Waals surface area (Å²) in [6.07, 6.45) is 0. The summed E-state index contributed by atoms with van der Waals surface area (Å²) in [6, 6.07) is 0. The van der Waals surface area contributed by atoms with E-state index in [-0.39, 0.29) is 18.6 Å². The van der Waals surface area contributed by atoms with Gasteiger partial charge in [-0.15, -0.1) is 0 Å². The molecule has 0 bridgehead atoms. The van der Waals surface area contributed by atoms with Gasteiger partial charge in [0.25, 0.3) is 0 Å². The normalized spacial score (nSPS) is 3.69. The van der Waals surface area contributed by atoms with Crippen LogP contribution in [0, 0.1) is 0 Å². The van der Waals surface area contributed by atoms with Crippen molar-refractivity contribution < 1.29 is 58.2 Å². The Labute approximate surface area is 84.7 Å². The van der Waals surface area contributed by atoms with Gasteiger partial charge in [0.15, 0.2) is 0 Å². The van der Waals surface area contributed by atoms with E-state index in [1.165, 1.54) is 0 Å². The third kappa shape index (κ3) is 318. The Balaban J connectivity index is -0.0000000213. The molecule has 0 heterocycles. The van der Waals surface area contributed by atoms with E-state index in [1.807, 2.05) is 0 Å². The molecule has 0 unspecified atom stereocenters. The molecule has 0 aromatic heterocycles. The summed E-state index contributed by atoms with van der Waals surface area (Å²) in [5.41, 5.74) is 0. The van der Waals surface area contributed by atoms with Gasteiger partial charge in [-0.25, -0.2) is 0 Å². The molecule has 0 amide bonds. The molecule has 0 saturated carbocycles. The van der Waals surface area contributed by atoms with E-state index >= 15 is 0 Å². The molecular formula is C4H4O8V. The molecule has 0 spiro atoms. The van der Waals surface area contributed by atoms with Crippen molar-refractivity contribution in [3.8, 4) is 0 Å². The SMILES string of the molecule is O=C[O-].O=C[O-].O=C[O-].O=C[O-].[V+4]. The third-order valence-electron chi connectivity index (χ3n) is 0. The minimum atomic E-state index is -0.500. The van der Waals surface area contributed by atoms with Crippen LogP contribution in [0.4, 0.5) is 0 Å². The maximum Gasteiger partial charge on any atom is 4.00 e. The van der Waals surface area contributed by atoms with Gasteiger partial charge in [-0.3, -0.25) is 0 Å². The van der Waals surface area contributed by atoms with E-state index < -0.39 is 25.9 Å². The number of carboxylic acid groups (broad SMARTS) is 4. The van der Waals surface area contributed by atoms with Crippen LogP contribution < -0.4 is 20.4 Å². The molecule has 0 aliphatic rings. The number of carbonyl (C=O) groups is 4. The molecule has 0 fully saturated rings. The second-order valence-corrected chi connectivity index (χ2v) is 0.385. The summed E-state index contributed by atoms with van der Waals surface area (Å²) in [6.45, 7) is -2.00. The predicted molar refractivity (Wildman–Crippen MR) is 24.3 cm³/mol. The molecule has 0 aliphatic heterocycles. The fourth-order valence-electron chi connectivity index (χ4n) is 0. The second kappa shape index (κ2) is 154. The van der Waals surface area contributed by atoms with Crippen molar-refractivity contribution in [3.63, 3.8) is 0 Å². The number of carbonyl (C=O) groups excluding carboxylic acids is 4. The van der Waals surface area contributed by atoms with Gasteiger partial charge in [0.2, 0.25) is 0 Å². The number of hydrogen-bond donors (Lipinski definition) is 0. The Morgan fingerprint density at radius 3 is 0.538 bits per heavy atom. The Morgan fingerprint density at radius 1 is 0.538 bits per heavy atom. The summed E-state index contributed by atoms with van der Waals surface area (Å²) in [5, 5.41) is 33.0. The Hall–Kier alpha value is -1.54. The van der Waals surface area contributed by atoms with Gasteiger partial charge >= 0.3 is 18.6 Å². The van der Waals surface area contributed by atoms with Gasteiger partial charge in [0.1, 0.15) is 0 Å². The van der Waals surface area contributed by atoms with Gasteiger partial charge in [-0.1, -0.05) is 0 Å². The van der Waals surface area contributed by atoms with Crippen LogP contribution in [-0.4, -0.2) is 25.9 Å². The van der Waals surface area contributed by atoms with Crippen LogP contribution in [0.2, 0.25) is 0 Å². The molecular weight excluding hydrogens is 227 g/mol. The molecule has 1 radical (unpaired) electrons. The maximum atomic E-state index is 8.25. The molecule has 0 aliphatic carbocycles. The van der Waals surface area contributed by atoms with Gasteiger partial charge in [0.05, 0.1) is 0 Å². The van der Waals surface area contributed by atoms with Gasteiger partial charge < -0.3 is 39.6 Å². The summed E-state index contributed by atoms with van der Waals surface area (Å²) in [4.78, 5) is 33.0. The van der Waals surface area contributed by atoms with Crippen molar-refractivity contribution in [2.45, 2.75) is 0 Å². The fraction of sp³-hybridized carbons (Fsp3) is 0. The second-order valence-electron chi connectivity index (χ2n) is 0.385. The summed E-state index contributed by atoms with van der Waals surface area (Å²) < 4.78 is 0. The van der Waals surface area contributed by atoms with Crippen LogP contribution in [0.1, 0.15) is 0 Å². The fourth-order valence-corrected chi connectivity index (χ4v) is 0. The third-order valence-corrected chi connectivity index (χ3v) is 0. The molecule has 0 N–H and O–H groups in total.